The predicted molar refractivity (Wildman–Crippen MR) is 107 cm³/mol. The smallest absolute Gasteiger partial charge is 0.260 e. The molecule has 2 rings (SSSR count). The van der Waals surface area contributed by atoms with Gasteiger partial charge in [0.1, 0.15) is 5.75 Å². The molecule has 6 heteroatoms. The molecule has 1 aromatic carbocycles. The molecular formula is C21H33N3O3. The fraction of sp³-hybridized carbons (Fsp3) is 0.619. The maximum Gasteiger partial charge on any atom is 0.260 e. The number of ether oxygens (including phenoxy) is 1. The van der Waals surface area contributed by atoms with Crippen LogP contribution >= 0.6 is 0 Å². The molecule has 0 aliphatic carbocycles. The minimum absolute atomic E-state index is 0.00232. The van der Waals surface area contributed by atoms with Crippen molar-refractivity contribution < 1.29 is 14.3 Å². The summed E-state index contributed by atoms with van der Waals surface area (Å²) in [5.74, 6) is 1.17. The normalized spacial score (nSPS) is 15.3. The van der Waals surface area contributed by atoms with Crippen molar-refractivity contribution in [3.8, 4) is 5.75 Å². The first-order valence-corrected chi connectivity index (χ1v) is 9.79. The minimum atomic E-state index is -0.00232. The zero-order valence-electron chi connectivity index (χ0n) is 17.2. The van der Waals surface area contributed by atoms with E-state index < -0.39 is 0 Å². The lowest BCUT2D eigenvalue weighted by molar-refractivity contribution is -0.135. The molecule has 1 aliphatic rings. The quantitative estimate of drug-likeness (QED) is 0.793. The lowest BCUT2D eigenvalue weighted by Gasteiger charge is -2.34. The van der Waals surface area contributed by atoms with Crippen LogP contribution in [0.25, 0.3) is 0 Å². The maximum atomic E-state index is 12.5. The summed E-state index contributed by atoms with van der Waals surface area (Å²) in [5, 5.41) is 2.90. The zero-order chi connectivity index (χ0) is 20.0. The van der Waals surface area contributed by atoms with Crippen molar-refractivity contribution in [2.24, 2.45) is 0 Å². The number of benzene rings is 1. The Morgan fingerprint density at radius 1 is 1.11 bits per heavy atom. The molecular weight excluding hydrogens is 342 g/mol. The summed E-state index contributed by atoms with van der Waals surface area (Å²) in [6, 6.07) is 6.28. The van der Waals surface area contributed by atoms with Gasteiger partial charge in [-0.2, -0.15) is 0 Å². The molecule has 0 saturated carbocycles. The third-order valence-corrected chi connectivity index (χ3v) is 4.68. The second-order valence-corrected chi connectivity index (χ2v) is 7.86. The van der Waals surface area contributed by atoms with Gasteiger partial charge in [-0.25, -0.2) is 0 Å². The molecule has 1 fully saturated rings. The molecule has 150 valence electrons. The standard InChI is InChI=1S/C21H33N3O3/c1-15(2)18-7-6-17(5)12-19(18)27-14-21(26)24-10-8-23(9-11-24)13-20(25)22-16(3)4/h6-7,12,15-16H,8-11,13-14H2,1-5H3,(H,22,25). The first-order chi connectivity index (χ1) is 12.8. The van der Waals surface area contributed by atoms with Crippen LogP contribution in [0, 0.1) is 6.92 Å². The van der Waals surface area contributed by atoms with Crippen LogP contribution in [0.3, 0.4) is 0 Å². The summed E-state index contributed by atoms with van der Waals surface area (Å²) in [6.45, 7) is 13.3. The minimum Gasteiger partial charge on any atom is -0.483 e. The molecule has 0 atom stereocenters. The van der Waals surface area contributed by atoms with Crippen LogP contribution in [-0.4, -0.2) is 67.0 Å². The van der Waals surface area contributed by atoms with Crippen LogP contribution in [0.15, 0.2) is 18.2 Å². The van der Waals surface area contributed by atoms with E-state index >= 15 is 0 Å². The average molecular weight is 376 g/mol. The van der Waals surface area contributed by atoms with Crippen molar-refractivity contribution >= 4 is 11.8 Å². The van der Waals surface area contributed by atoms with Gasteiger partial charge in [0.05, 0.1) is 6.54 Å². The third-order valence-electron chi connectivity index (χ3n) is 4.68. The highest BCUT2D eigenvalue weighted by Crippen LogP contribution is 2.27. The molecule has 1 aliphatic heterocycles. The molecule has 0 spiro atoms. The average Bonchev–Trinajstić information content (AvgIpc) is 2.59. The van der Waals surface area contributed by atoms with Gasteiger partial charge in [-0.1, -0.05) is 26.0 Å². The summed E-state index contributed by atoms with van der Waals surface area (Å²) < 4.78 is 5.86. The van der Waals surface area contributed by atoms with E-state index in [0.717, 1.165) is 16.9 Å². The molecule has 0 aromatic heterocycles. The topological polar surface area (TPSA) is 61.9 Å². The van der Waals surface area contributed by atoms with Gasteiger partial charge in [0.15, 0.2) is 6.61 Å². The Bertz CT molecular complexity index is 650. The van der Waals surface area contributed by atoms with Crippen molar-refractivity contribution in [3.63, 3.8) is 0 Å². The van der Waals surface area contributed by atoms with E-state index in [1.807, 2.05) is 31.7 Å². The van der Waals surface area contributed by atoms with E-state index in [1.54, 1.807) is 0 Å². The van der Waals surface area contributed by atoms with Gasteiger partial charge >= 0.3 is 0 Å². The fourth-order valence-electron chi connectivity index (χ4n) is 3.20. The largest absolute Gasteiger partial charge is 0.483 e. The monoisotopic (exact) mass is 375 g/mol. The van der Waals surface area contributed by atoms with E-state index in [9.17, 15) is 9.59 Å². The lowest BCUT2D eigenvalue weighted by Crippen LogP contribution is -2.52. The van der Waals surface area contributed by atoms with Crippen LogP contribution in [-0.2, 0) is 9.59 Å². The molecule has 6 nitrogen and oxygen atoms in total. The van der Waals surface area contributed by atoms with Gasteiger partial charge in [-0.05, 0) is 43.9 Å². The van der Waals surface area contributed by atoms with E-state index in [2.05, 4.69) is 36.2 Å². The number of nitrogens with zero attached hydrogens (tertiary/aromatic N) is 2. The van der Waals surface area contributed by atoms with Crippen LogP contribution in [0.4, 0.5) is 0 Å². The van der Waals surface area contributed by atoms with Crippen molar-refractivity contribution in [2.45, 2.75) is 46.6 Å². The first kappa shape index (κ1) is 21.2. The van der Waals surface area contributed by atoms with Gasteiger partial charge < -0.3 is 15.0 Å². The zero-order valence-corrected chi connectivity index (χ0v) is 17.2. The van der Waals surface area contributed by atoms with Gasteiger partial charge in [-0.15, -0.1) is 0 Å². The number of aryl methyl sites for hydroxylation is 1. The molecule has 0 radical (unpaired) electrons. The number of rotatable bonds is 7. The predicted octanol–water partition coefficient (Wildman–Crippen LogP) is 2.17. The Labute approximate surface area is 162 Å². The summed E-state index contributed by atoms with van der Waals surface area (Å²) in [4.78, 5) is 28.3. The highest BCUT2D eigenvalue weighted by molar-refractivity contribution is 5.79. The van der Waals surface area contributed by atoms with E-state index in [-0.39, 0.29) is 24.5 Å². The Hall–Kier alpha value is -2.08. The van der Waals surface area contributed by atoms with Gasteiger partial charge in [0.25, 0.3) is 5.91 Å². The summed E-state index contributed by atoms with van der Waals surface area (Å²) in [7, 11) is 0. The Morgan fingerprint density at radius 2 is 1.78 bits per heavy atom. The second kappa shape index (κ2) is 9.74. The fourth-order valence-corrected chi connectivity index (χ4v) is 3.20. The highest BCUT2D eigenvalue weighted by atomic mass is 16.5. The van der Waals surface area contributed by atoms with Gasteiger partial charge in [0, 0.05) is 32.2 Å². The molecule has 27 heavy (non-hydrogen) atoms. The number of carbonyl (C=O) groups is 2. The van der Waals surface area contributed by atoms with Crippen LogP contribution in [0.1, 0.15) is 44.7 Å². The van der Waals surface area contributed by atoms with Crippen LogP contribution in [0.5, 0.6) is 5.75 Å². The maximum absolute atomic E-state index is 12.5. The van der Waals surface area contributed by atoms with Gasteiger partial charge in [0.2, 0.25) is 5.91 Å². The second-order valence-electron chi connectivity index (χ2n) is 7.86. The van der Waals surface area contributed by atoms with Crippen molar-refractivity contribution in [3.05, 3.63) is 29.3 Å². The third kappa shape index (κ3) is 6.54. The van der Waals surface area contributed by atoms with E-state index in [1.165, 1.54) is 0 Å². The van der Waals surface area contributed by atoms with Crippen LogP contribution < -0.4 is 10.1 Å². The molecule has 2 amide bonds. The van der Waals surface area contributed by atoms with Crippen molar-refractivity contribution in [2.75, 3.05) is 39.3 Å². The molecule has 0 bridgehead atoms. The van der Waals surface area contributed by atoms with E-state index in [4.69, 9.17) is 4.74 Å². The number of hydrogen-bond donors (Lipinski definition) is 1. The Kier molecular flexibility index (Phi) is 7.66. The SMILES string of the molecule is Cc1ccc(C(C)C)c(OCC(=O)N2CCN(CC(=O)NC(C)C)CC2)c1. The van der Waals surface area contributed by atoms with Crippen molar-refractivity contribution in [1.82, 2.24) is 15.1 Å². The van der Waals surface area contributed by atoms with Gasteiger partial charge in [-0.3, -0.25) is 14.5 Å². The Morgan fingerprint density at radius 3 is 2.37 bits per heavy atom. The number of hydrogen-bond acceptors (Lipinski definition) is 4. The van der Waals surface area contributed by atoms with E-state index in [0.29, 0.717) is 38.6 Å². The molecule has 1 N–H and O–H groups in total. The number of carbonyl (C=O) groups excluding carboxylic acids is 2. The molecule has 1 heterocycles. The molecule has 1 aromatic rings. The number of piperazine rings is 1. The highest BCUT2D eigenvalue weighted by Gasteiger charge is 2.23. The number of amides is 2. The molecule has 0 unspecified atom stereocenters. The summed E-state index contributed by atoms with van der Waals surface area (Å²) in [5.41, 5.74) is 2.24. The number of nitrogens with one attached hydrogen (secondary N) is 1. The summed E-state index contributed by atoms with van der Waals surface area (Å²) in [6.07, 6.45) is 0. The lowest BCUT2D eigenvalue weighted by atomic mass is 10.0. The molecule has 1 saturated heterocycles. The Balaban J connectivity index is 1.82. The summed E-state index contributed by atoms with van der Waals surface area (Å²) >= 11 is 0. The van der Waals surface area contributed by atoms with Crippen molar-refractivity contribution in [1.29, 1.82) is 0 Å². The first-order valence-electron chi connectivity index (χ1n) is 9.79. The van der Waals surface area contributed by atoms with Crippen LogP contribution in [0.2, 0.25) is 0 Å².